The number of aromatic nitrogens is 2. The zero-order chi connectivity index (χ0) is 11.3. The first-order valence-electron chi connectivity index (χ1n) is 5.14. The topological polar surface area (TPSA) is 41.9 Å². The number of nitrogens with zero attached hydrogens (tertiary/aromatic N) is 2. The van der Waals surface area contributed by atoms with E-state index in [2.05, 4.69) is 22.7 Å². The fraction of sp³-hybridized carbons (Fsp3) is 0.600. The SMILES string of the molecule is CCCNC(=S)NCc1cnn(C)c1C. The summed E-state index contributed by atoms with van der Waals surface area (Å²) in [6.07, 6.45) is 2.94. The van der Waals surface area contributed by atoms with Crippen LogP contribution < -0.4 is 10.6 Å². The number of aryl methyl sites for hydroxylation is 1. The first kappa shape index (κ1) is 12.0. The van der Waals surface area contributed by atoms with Crippen molar-refractivity contribution in [2.24, 2.45) is 7.05 Å². The van der Waals surface area contributed by atoms with Gasteiger partial charge in [-0.05, 0) is 25.6 Å². The summed E-state index contributed by atoms with van der Waals surface area (Å²) >= 11 is 5.12. The molecular weight excluding hydrogens is 208 g/mol. The molecule has 2 N–H and O–H groups in total. The molecule has 84 valence electrons. The van der Waals surface area contributed by atoms with Gasteiger partial charge in [-0.25, -0.2) is 0 Å². The van der Waals surface area contributed by atoms with Crippen molar-refractivity contribution in [1.82, 2.24) is 20.4 Å². The Bertz CT molecular complexity index is 332. The van der Waals surface area contributed by atoms with Crippen molar-refractivity contribution >= 4 is 17.3 Å². The summed E-state index contributed by atoms with van der Waals surface area (Å²) in [5.74, 6) is 0. The molecular formula is C10H18N4S. The Labute approximate surface area is 96.1 Å². The molecule has 5 heteroatoms. The van der Waals surface area contributed by atoms with Crippen LogP contribution in [0.5, 0.6) is 0 Å². The van der Waals surface area contributed by atoms with Gasteiger partial charge in [-0.2, -0.15) is 5.10 Å². The molecule has 1 rings (SSSR count). The summed E-state index contributed by atoms with van der Waals surface area (Å²) in [4.78, 5) is 0. The van der Waals surface area contributed by atoms with Crippen molar-refractivity contribution < 1.29 is 0 Å². The van der Waals surface area contributed by atoms with Crippen LogP contribution in [0.25, 0.3) is 0 Å². The molecule has 1 heterocycles. The molecule has 15 heavy (non-hydrogen) atoms. The average Bonchev–Trinajstić information content (AvgIpc) is 2.54. The van der Waals surface area contributed by atoms with Crippen LogP contribution in [0.1, 0.15) is 24.6 Å². The van der Waals surface area contributed by atoms with Crippen LogP contribution in [-0.4, -0.2) is 21.4 Å². The van der Waals surface area contributed by atoms with Gasteiger partial charge in [0.2, 0.25) is 0 Å². The third kappa shape index (κ3) is 3.51. The number of thiocarbonyl (C=S) groups is 1. The molecule has 0 bridgehead atoms. The molecule has 0 aromatic carbocycles. The minimum Gasteiger partial charge on any atom is -0.363 e. The normalized spacial score (nSPS) is 10.1. The average molecular weight is 226 g/mol. The molecule has 0 radical (unpaired) electrons. The van der Waals surface area contributed by atoms with Crippen molar-refractivity contribution in [3.63, 3.8) is 0 Å². The van der Waals surface area contributed by atoms with Crippen LogP contribution in [0.2, 0.25) is 0 Å². The molecule has 0 atom stereocenters. The van der Waals surface area contributed by atoms with Crippen LogP contribution >= 0.6 is 12.2 Å². The van der Waals surface area contributed by atoms with Gasteiger partial charge in [-0.3, -0.25) is 4.68 Å². The lowest BCUT2D eigenvalue weighted by molar-refractivity contribution is 0.735. The predicted octanol–water partition coefficient (Wildman–Crippen LogP) is 1.10. The Morgan fingerprint density at radius 3 is 2.80 bits per heavy atom. The smallest absolute Gasteiger partial charge is 0.166 e. The number of hydrogen-bond acceptors (Lipinski definition) is 2. The molecule has 0 saturated carbocycles. The van der Waals surface area contributed by atoms with Gasteiger partial charge in [0.1, 0.15) is 0 Å². The summed E-state index contributed by atoms with van der Waals surface area (Å²) < 4.78 is 1.86. The summed E-state index contributed by atoms with van der Waals surface area (Å²) in [6, 6.07) is 0. The van der Waals surface area contributed by atoms with Gasteiger partial charge in [-0.15, -0.1) is 0 Å². The van der Waals surface area contributed by atoms with Gasteiger partial charge in [0.25, 0.3) is 0 Å². The molecule has 0 aliphatic heterocycles. The second-order valence-electron chi connectivity index (χ2n) is 3.49. The van der Waals surface area contributed by atoms with Crippen molar-refractivity contribution in [2.45, 2.75) is 26.8 Å². The van der Waals surface area contributed by atoms with Gasteiger partial charge < -0.3 is 10.6 Å². The van der Waals surface area contributed by atoms with E-state index in [9.17, 15) is 0 Å². The van der Waals surface area contributed by atoms with E-state index in [0.717, 1.165) is 19.5 Å². The zero-order valence-electron chi connectivity index (χ0n) is 9.50. The van der Waals surface area contributed by atoms with Crippen molar-refractivity contribution in [3.05, 3.63) is 17.5 Å². The second kappa shape index (κ2) is 5.70. The van der Waals surface area contributed by atoms with Crippen LogP contribution in [0.3, 0.4) is 0 Å². The van der Waals surface area contributed by atoms with Gasteiger partial charge >= 0.3 is 0 Å². The summed E-state index contributed by atoms with van der Waals surface area (Å²) in [5, 5.41) is 11.2. The molecule has 4 nitrogen and oxygen atoms in total. The van der Waals surface area contributed by atoms with E-state index in [1.165, 1.54) is 11.3 Å². The van der Waals surface area contributed by atoms with Crippen LogP contribution in [0.15, 0.2) is 6.20 Å². The lowest BCUT2D eigenvalue weighted by Gasteiger charge is -2.08. The van der Waals surface area contributed by atoms with E-state index in [1.807, 2.05) is 24.9 Å². The van der Waals surface area contributed by atoms with E-state index in [-0.39, 0.29) is 0 Å². The van der Waals surface area contributed by atoms with Gasteiger partial charge in [-0.1, -0.05) is 6.92 Å². The Kier molecular flexibility index (Phi) is 4.55. The number of nitrogens with one attached hydrogen (secondary N) is 2. The van der Waals surface area contributed by atoms with Gasteiger partial charge in [0.05, 0.1) is 6.20 Å². The maximum Gasteiger partial charge on any atom is 0.166 e. The second-order valence-corrected chi connectivity index (χ2v) is 3.90. The van der Waals surface area contributed by atoms with Crippen LogP contribution in [0.4, 0.5) is 0 Å². The summed E-state index contributed by atoms with van der Waals surface area (Å²) in [7, 11) is 1.94. The maximum absolute atomic E-state index is 5.12. The van der Waals surface area contributed by atoms with E-state index < -0.39 is 0 Å². The Hall–Kier alpha value is -1.10. The van der Waals surface area contributed by atoms with Crippen LogP contribution in [-0.2, 0) is 13.6 Å². The minimum atomic E-state index is 0.708. The highest BCUT2D eigenvalue weighted by Crippen LogP contribution is 2.04. The number of rotatable bonds is 4. The van der Waals surface area contributed by atoms with E-state index in [1.54, 1.807) is 0 Å². The third-order valence-corrected chi connectivity index (χ3v) is 2.60. The zero-order valence-corrected chi connectivity index (χ0v) is 10.3. The highest BCUT2D eigenvalue weighted by atomic mass is 32.1. The van der Waals surface area contributed by atoms with Crippen molar-refractivity contribution in [2.75, 3.05) is 6.54 Å². The van der Waals surface area contributed by atoms with Crippen molar-refractivity contribution in [1.29, 1.82) is 0 Å². The van der Waals surface area contributed by atoms with Crippen LogP contribution in [0, 0.1) is 6.92 Å². The molecule has 0 spiro atoms. The predicted molar refractivity (Wildman–Crippen MR) is 65.7 cm³/mol. The quantitative estimate of drug-likeness (QED) is 0.755. The van der Waals surface area contributed by atoms with E-state index in [4.69, 9.17) is 12.2 Å². The highest BCUT2D eigenvalue weighted by Gasteiger charge is 2.03. The lowest BCUT2D eigenvalue weighted by Crippen LogP contribution is -2.35. The van der Waals surface area contributed by atoms with Gasteiger partial charge in [0, 0.05) is 31.4 Å². The largest absolute Gasteiger partial charge is 0.363 e. The van der Waals surface area contributed by atoms with Crippen molar-refractivity contribution in [3.8, 4) is 0 Å². The monoisotopic (exact) mass is 226 g/mol. The van der Waals surface area contributed by atoms with Gasteiger partial charge in [0.15, 0.2) is 5.11 Å². The first-order valence-corrected chi connectivity index (χ1v) is 5.55. The Morgan fingerprint density at radius 1 is 1.53 bits per heavy atom. The minimum absolute atomic E-state index is 0.708. The third-order valence-electron chi connectivity index (χ3n) is 2.31. The van der Waals surface area contributed by atoms with E-state index >= 15 is 0 Å². The molecule has 1 aromatic rings. The fourth-order valence-corrected chi connectivity index (χ4v) is 1.37. The highest BCUT2D eigenvalue weighted by molar-refractivity contribution is 7.80. The number of hydrogen-bond donors (Lipinski definition) is 2. The standard InChI is InChI=1S/C10H18N4S/c1-4-5-11-10(15)12-6-9-7-13-14(3)8(9)2/h7H,4-6H2,1-3H3,(H2,11,12,15). The Morgan fingerprint density at radius 2 is 2.27 bits per heavy atom. The molecule has 0 saturated heterocycles. The molecule has 0 amide bonds. The Balaban J connectivity index is 2.37. The molecule has 0 aliphatic rings. The molecule has 0 unspecified atom stereocenters. The molecule has 0 fully saturated rings. The molecule has 0 aliphatic carbocycles. The first-order chi connectivity index (χ1) is 7.15. The van der Waals surface area contributed by atoms with E-state index in [0.29, 0.717) is 5.11 Å². The molecule has 1 aromatic heterocycles. The summed E-state index contributed by atoms with van der Waals surface area (Å²) in [5.41, 5.74) is 2.35. The summed E-state index contributed by atoms with van der Waals surface area (Å²) in [6.45, 7) is 5.81. The fourth-order valence-electron chi connectivity index (χ4n) is 1.19. The maximum atomic E-state index is 5.12. The lowest BCUT2D eigenvalue weighted by atomic mass is 10.2.